The standard InChI is InChI=1S/C19H14F3NO5/c1-26-12-4-5-13-10(7-12)8-16(28-18(13)25)17(24)23-14-9-11(19(20,21)22)3-6-15(14)27-2/h3-9H,1-2H3,(H,23,24). The molecule has 0 spiro atoms. The summed E-state index contributed by atoms with van der Waals surface area (Å²) in [5, 5.41) is 2.90. The highest BCUT2D eigenvalue weighted by atomic mass is 19.4. The molecular weight excluding hydrogens is 379 g/mol. The lowest BCUT2D eigenvalue weighted by molar-refractivity contribution is -0.137. The average molecular weight is 393 g/mol. The highest BCUT2D eigenvalue weighted by Gasteiger charge is 2.31. The molecule has 9 heteroatoms. The molecule has 0 fully saturated rings. The quantitative estimate of drug-likeness (QED) is 0.723. The van der Waals surface area contributed by atoms with Crippen molar-refractivity contribution in [3.63, 3.8) is 0 Å². The van der Waals surface area contributed by atoms with E-state index in [4.69, 9.17) is 13.9 Å². The lowest BCUT2D eigenvalue weighted by atomic mass is 10.1. The fourth-order valence-electron chi connectivity index (χ4n) is 2.58. The van der Waals surface area contributed by atoms with E-state index in [0.717, 1.165) is 18.2 Å². The number of fused-ring (bicyclic) bond motifs is 1. The first-order valence-corrected chi connectivity index (χ1v) is 7.91. The highest BCUT2D eigenvalue weighted by Crippen LogP contribution is 2.35. The van der Waals surface area contributed by atoms with E-state index in [9.17, 15) is 22.8 Å². The minimum Gasteiger partial charge on any atom is -0.497 e. The van der Waals surface area contributed by atoms with E-state index >= 15 is 0 Å². The molecule has 0 aliphatic rings. The minimum atomic E-state index is -4.60. The SMILES string of the molecule is COc1ccc2c(=O)oc(C(=O)Nc3cc(C(F)(F)F)ccc3OC)cc2c1. The normalized spacial score (nSPS) is 11.3. The molecule has 2 aromatic carbocycles. The third kappa shape index (κ3) is 3.78. The number of amides is 1. The number of carbonyl (C=O) groups excluding carboxylic acids is 1. The number of carbonyl (C=O) groups is 1. The van der Waals surface area contributed by atoms with Crippen LogP contribution in [-0.4, -0.2) is 20.1 Å². The molecule has 146 valence electrons. The number of ether oxygens (including phenoxy) is 2. The molecule has 1 aromatic heterocycles. The van der Waals surface area contributed by atoms with Gasteiger partial charge in [0, 0.05) is 0 Å². The van der Waals surface area contributed by atoms with E-state index in [1.165, 1.54) is 32.4 Å². The molecule has 0 unspecified atom stereocenters. The first-order valence-electron chi connectivity index (χ1n) is 7.91. The number of methoxy groups -OCH3 is 2. The zero-order valence-electron chi connectivity index (χ0n) is 14.7. The lowest BCUT2D eigenvalue weighted by Gasteiger charge is -2.13. The molecule has 0 aliphatic carbocycles. The molecule has 0 bridgehead atoms. The second kappa shape index (κ2) is 7.26. The van der Waals surface area contributed by atoms with Crippen LogP contribution >= 0.6 is 0 Å². The summed E-state index contributed by atoms with van der Waals surface area (Å²) in [5.41, 5.74) is -1.94. The van der Waals surface area contributed by atoms with Gasteiger partial charge in [-0.2, -0.15) is 13.2 Å². The van der Waals surface area contributed by atoms with Crippen LogP contribution in [0.3, 0.4) is 0 Å². The number of nitrogens with one attached hydrogen (secondary N) is 1. The Morgan fingerprint density at radius 1 is 1.04 bits per heavy atom. The number of halogens is 3. The summed E-state index contributed by atoms with van der Waals surface area (Å²) in [6.45, 7) is 0. The first-order chi connectivity index (χ1) is 13.2. The topological polar surface area (TPSA) is 77.8 Å². The van der Waals surface area contributed by atoms with Crippen molar-refractivity contribution in [3.8, 4) is 11.5 Å². The van der Waals surface area contributed by atoms with Gasteiger partial charge in [0.2, 0.25) is 0 Å². The molecule has 0 atom stereocenters. The van der Waals surface area contributed by atoms with E-state index in [2.05, 4.69) is 5.32 Å². The van der Waals surface area contributed by atoms with Crippen molar-refractivity contribution in [1.29, 1.82) is 0 Å². The Labute approximate surface area is 156 Å². The minimum absolute atomic E-state index is 0.0196. The zero-order valence-corrected chi connectivity index (χ0v) is 14.7. The third-order valence-electron chi connectivity index (χ3n) is 3.97. The Morgan fingerprint density at radius 3 is 2.43 bits per heavy atom. The number of anilines is 1. The van der Waals surface area contributed by atoms with E-state index < -0.39 is 23.3 Å². The van der Waals surface area contributed by atoms with E-state index in [-0.39, 0.29) is 22.6 Å². The number of hydrogen-bond donors (Lipinski definition) is 1. The van der Waals surface area contributed by atoms with Crippen LogP contribution in [0.2, 0.25) is 0 Å². The van der Waals surface area contributed by atoms with Crippen molar-refractivity contribution < 1.29 is 31.9 Å². The fraction of sp³-hybridized carbons (Fsp3) is 0.158. The summed E-state index contributed by atoms with van der Waals surface area (Å²) < 4.78 is 53.9. The second-order valence-corrected chi connectivity index (χ2v) is 5.72. The van der Waals surface area contributed by atoms with Crippen molar-refractivity contribution in [2.75, 3.05) is 19.5 Å². The Bertz CT molecular complexity index is 1100. The molecule has 28 heavy (non-hydrogen) atoms. The summed E-state index contributed by atoms with van der Waals surface area (Å²) in [6, 6.07) is 8.53. The van der Waals surface area contributed by atoms with Crippen molar-refractivity contribution in [2.45, 2.75) is 6.18 Å². The van der Waals surface area contributed by atoms with Gasteiger partial charge >= 0.3 is 11.8 Å². The van der Waals surface area contributed by atoms with Crippen LogP contribution in [-0.2, 0) is 6.18 Å². The van der Waals surface area contributed by atoms with Crippen LogP contribution in [0.15, 0.2) is 51.7 Å². The predicted molar refractivity (Wildman–Crippen MR) is 95.0 cm³/mol. The van der Waals surface area contributed by atoms with Crippen LogP contribution in [0.25, 0.3) is 10.8 Å². The van der Waals surface area contributed by atoms with Crippen LogP contribution < -0.4 is 20.4 Å². The van der Waals surface area contributed by atoms with Crippen molar-refractivity contribution in [3.05, 3.63) is 64.2 Å². The number of alkyl halides is 3. The number of hydrogen-bond acceptors (Lipinski definition) is 5. The monoisotopic (exact) mass is 393 g/mol. The Morgan fingerprint density at radius 2 is 1.79 bits per heavy atom. The van der Waals surface area contributed by atoms with Crippen molar-refractivity contribution in [1.82, 2.24) is 0 Å². The lowest BCUT2D eigenvalue weighted by Crippen LogP contribution is -2.16. The Kier molecular flexibility index (Phi) is 5.00. The third-order valence-corrected chi connectivity index (χ3v) is 3.97. The predicted octanol–water partition coefficient (Wildman–Crippen LogP) is 4.08. The van der Waals surface area contributed by atoms with Crippen molar-refractivity contribution in [2.24, 2.45) is 0 Å². The first kappa shape index (κ1) is 19.3. The smallest absolute Gasteiger partial charge is 0.416 e. The molecule has 0 radical (unpaired) electrons. The number of benzene rings is 2. The fourth-order valence-corrected chi connectivity index (χ4v) is 2.58. The maximum Gasteiger partial charge on any atom is 0.416 e. The van der Waals surface area contributed by atoms with Gasteiger partial charge < -0.3 is 19.2 Å². The Balaban J connectivity index is 2.00. The van der Waals surface area contributed by atoms with Crippen molar-refractivity contribution >= 4 is 22.4 Å². The molecule has 0 aliphatic heterocycles. The molecular formula is C19H14F3NO5. The number of rotatable bonds is 4. The van der Waals surface area contributed by atoms with Gasteiger partial charge in [-0.1, -0.05) is 0 Å². The molecule has 0 saturated heterocycles. The summed E-state index contributed by atoms with van der Waals surface area (Å²) in [7, 11) is 2.70. The van der Waals surface area contributed by atoms with Gasteiger partial charge in [-0.3, -0.25) is 4.79 Å². The molecule has 6 nitrogen and oxygen atoms in total. The molecule has 1 N–H and O–H groups in total. The Hall–Kier alpha value is -3.49. The molecule has 1 heterocycles. The highest BCUT2D eigenvalue weighted by molar-refractivity contribution is 6.04. The molecule has 1 amide bonds. The van der Waals surface area contributed by atoms with Gasteiger partial charge in [-0.25, -0.2) is 4.79 Å². The summed E-state index contributed by atoms with van der Waals surface area (Å²) in [4.78, 5) is 24.6. The van der Waals surface area contributed by atoms with Crippen LogP contribution in [0.5, 0.6) is 11.5 Å². The van der Waals surface area contributed by atoms with Gasteiger partial charge in [-0.05, 0) is 47.9 Å². The summed E-state index contributed by atoms with van der Waals surface area (Å²) >= 11 is 0. The van der Waals surface area contributed by atoms with E-state index in [0.29, 0.717) is 11.1 Å². The van der Waals surface area contributed by atoms with E-state index in [1.807, 2.05) is 0 Å². The van der Waals surface area contributed by atoms with Gasteiger partial charge in [0.15, 0.2) is 5.76 Å². The van der Waals surface area contributed by atoms with Crippen LogP contribution in [0.4, 0.5) is 18.9 Å². The average Bonchev–Trinajstić information content (AvgIpc) is 2.66. The maximum atomic E-state index is 12.9. The van der Waals surface area contributed by atoms with Crippen LogP contribution in [0, 0.1) is 0 Å². The maximum absolute atomic E-state index is 12.9. The van der Waals surface area contributed by atoms with Crippen LogP contribution in [0.1, 0.15) is 16.1 Å². The van der Waals surface area contributed by atoms with Gasteiger partial charge in [0.05, 0.1) is 30.9 Å². The van der Waals surface area contributed by atoms with Gasteiger partial charge in [-0.15, -0.1) is 0 Å². The van der Waals surface area contributed by atoms with E-state index in [1.54, 1.807) is 6.07 Å². The zero-order chi connectivity index (χ0) is 20.5. The largest absolute Gasteiger partial charge is 0.497 e. The van der Waals surface area contributed by atoms with Gasteiger partial charge in [0.25, 0.3) is 5.91 Å². The second-order valence-electron chi connectivity index (χ2n) is 5.72. The summed E-state index contributed by atoms with van der Waals surface area (Å²) in [6.07, 6.45) is -4.60. The molecule has 0 saturated carbocycles. The van der Waals surface area contributed by atoms with Gasteiger partial charge in [0.1, 0.15) is 11.5 Å². The molecule has 3 rings (SSSR count). The summed E-state index contributed by atoms with van der Waals surface area (Å²) in [5.74, 6) is -0.792. The molecule has 3 aromatic rings.